The van der Waals surface area contributed by atoms with E-state index in [1.165, 1.54) is 12.1 Å². The van der Waals surface area contributed by atoms with Crippen LogP contribution in [0.1, 0.15) is 11.1 Å². The summed E-state index contributed by atoms with van der Waals surface area (Å²) in [6, 6.07) is 13.5. The van der Waals surface area contributed by atoms with Crippen LogP contribution >= 0.6 is 0 Å². The van der Waals surface area contributed by atoms with E-state index < -0.39 is 11.8 Å². The number of cyclic esters (lactones) is 1. The van der Waals surface area contributed by atoms with Crippen LogP contribution in [-0.4, -0.2) is 21.4 Å². The Morgan fingerprint density at radius 1 is 1.08 bits per heavy atom. The number of benzene rings is 2. The Kier molecular flexibility index (Phi) is 3.70. The molecule has 0 bridgehead atoms. The van der Waals surface area contributed by atoms with Gasteiger partial charge in [-0.3, -0.25) is 0 Å². The van der Waals surface area contributed by atoms with Crippen LogP contribution in [0.2, 0.25) is 0 Å². The minimum absolute atomic E-state index is 0.0237. The molecule has 0 saturated carbocycles. The minimum atomic E-state index is -0.600. The Balaban J connectivity index is 1.63. The molecule has 4 rings (SSSR count). The van der Waals surface area contributed by atoms with Crippen molar-refractivity contribution in [3.63, 3.8) is 0 Å². The summed E-state index contributed by atoms with van der Waals surface area (Å²) in [6.07, 6.45) is 6.84. The van der Waals surface area contributed by atoms with Crippen molar-refractivity contribution in [2.75, 3.05) is 0 Å². The lowest BCUT2D eigenvalue weighted by Gasteiger charge is -2.02. The SMILES string of the molecule is O=C1OC(c2ccccc2F)=N/C1=C\c1ccc(-n2ccnc2)cc1. The van der Waals surface area contributed by atoms with Crippen molar-refractivity contribution in [3.05, 3.63) is 89.9 Å². The fourth-order valence-electron chi connectivity index (χ4n) is 2.47. The van der Waals surface area contributed by atoms with Crippen molar-refractivity contribution in [2.45, 2.75) is 0 Å². The average molecular weight is 333 g/mol. The second kappa shape index (κ2) is 6.16. The smallest absolute Gasteiger partial charge is 0.363 e. The molecule has 0 unspecified atom stereocenters. The number of rotatable bonds is 3. The summed E-state index contributed by atoms with van der Waals surface area (Å²) in [4.78, 5) is 20.1. The monoisotopic (exact) mass is 333 g/mol. The zero-order valence-corrected chi connectivity index (χ0v) is 13.0. The molecule has 3 aromatic rings. The molecule has 0 N–H and O–H groups in total. The van der Waals surface area contributed by atoms with Crippen LogP contribution in [-0.2, 0) is 9.53 Å². The summed E-state index contributed by atoms with van der Waals surface area (Å²) < 4.78 is 20.8. The zero-order valence-electron chi connectivity index (χ0n) is 13.0. The van der Waals surface area contributed by atoms with Gasteiger partial charge in [0.05, 0.1) is 11.9 Å². The number of halogens is 1. The predicted octanol–water partition coefficient (Wildman–Crippen LogP) is 3.36. The Bertz CT molecular complexity index is 990. The second-order valence-corrected chi connectivity index (χ2v) is 5.38. The van der Waals surface area contributed by atoms with E-state index in [-0.39, 0.29) is 17.2 Å². The molecule has 1 aliphatic rings. The number of hydrogen-bond acceptors (Lipinski definition) is 4. The second-order valence-electron chi connectivity index (χ2n) is 5.38. The standard InChI is InChI=1S/C19H12FN3O2/c20-16-4-2-1-3-15(16)18-22-17(19(24)25-18)11-13-5-7-14(8-6-13)23-10-9-21-12-23/h1-12H/b17-11-. The third-order valence-electron chi connectivity index (χ3n) is 3.72. The van der Waals surface area contributed by atoms with Crippen LogP contribution in [0, 0.1) is 5.82 Å². The molecule has 5 nitrogen and oxygen atoms in total. The number of nitrogens with zero attached hydrogens (tertiary/aromatic N) is 3. The molecule has 0 atom stereocenters. The van der Waals surface area contributed by atoms with Crippen molar-refractivity contribution in [1.29, 1.82) is 0 Å². The Morgan fingerprint density at radius 2 is 1.88 bits per heavy atom. The van der Waals surface area contributed by atoms with Crippen LogP contribution in [0.25, 0.3) is 11.8 Å². The highest BCUT2D eigenvalue weighted by Crippen LogP contribution is 2.21. The topological polar surface area (TPSA) is 56.5 Å². The van der Waals surface area contributed by atoms with Gasteiger partial charge in [-0.05, 0) is 35.9 Å². The van der Waals surface area contributed by atoms with Gasteiger partial charge in [0.15, 0.2) is 5.70 Å². The Hall–Kier alpha value is -3.54. The molecule has 0 saturated heterocycles. The maximum atomic E-state index is 13.8. The highest BCUT2D eigenvalue weighted by atomic mass is 19.1. The van der Waals surface area contributed by atoms with Crippen molar-refractivity contribution in [1.82, 2.24) is 9.55 Å². The first-order chi connectivity index (χ1) is 12.2. The van der Waals surface area contributed by atoms with Crippen molar-refractivity contribution in [2.24, 2.45) is 4.99 Å². The number of hydrogen-bond donors (Lipinski definition) is 0. The number of imidazole rings is 1. The van der Waals surface area contributed by atoms with Gasteiger partial charge in [-0.15, -0.1) is 0 Å². The quantitative estimate of drug-likeness (QED) is 0.545. The molecule has 0 aliphatic carbocycles. The lowest BCUT2D eigenvalue weighted by Crippen LogP contribution is -2.07. The molecule has 2 heterocycles. The first kappa shape index (κ1) is 15.0. The van der Waals surface area contributed by atoms with E-state index in [1.54, 1.807) is 30.7 Å². The molecule has 6 heteroatoms. The Morgan fingerprint density at radius 3 is 2.60 bits per heavy atom. The molecule has 0 radical (unpaired) electrons. The van der Waals surface area contributed by atoms with Gasteiger partial charge in [0.25, 0.3) is 0 Å². The highest BCUT2D eigenvalue weighted by Gasteiger charge is 2.25. The van der Waals surface area contributed by atoms with E-state index in [0.29, 0.717) is 0 Å². The number of aromatic nitrogens is 2. The average Bonchev–Trinajstić information content (AvgIpc) is 3.27. The van der Waals surface area contributed by atoms with Gasteiger partial charge in [-0.2, -0.15) is 0 Å². The first-order valence-electron chi connectivity index (χ1n) is 7.56. The lowest BCUT2D eigenvalue weighted by molar-refractivity contribution is -0.129. The molecule has 0 amide bonds. The first-order valence-corrected chi connectivity index (χ1v) is 7.56. The van der Waals surface area contributed by atoms with Crippen molar-refractivity contribution < 1.29 is 13.9 Å². The molecule has 1 aromatic heterocycles. The van der Waals surface area contributed by atoms with Crippen LogP contribution in [0.4, 0.5) is 4.39 Å². The molecular weight excluding hydrogens is 321 g/mol. The van der Waals surface area contributed by atoms with E-state index >= 15 is 0 Å². The molecular formula is C19H12FN3O2. The lowest BCUT2D eigenvalue weighted by atomic mass is 10.1. The highest BCUT2D eigenvalue weighted by molar-refractivity contribution is 6.12. The van der Waals surface area contributed by atoms with E-state index in [2.05, 4.69) is 9.98 Å². The third kappa shape index (κ3) is 2.97. The van der Waals surface area contributed by atoms with E-state index in [1.807, 2.05) is 35.0 Å². The molecule has 2 aromatic carbocycles. The zero-order chi connectivity index (χ0) is 17.2. The van der Waals surface area contributed by atoms with Gasteiger partial charge < -0.3 is 9.30 Å². The number of carbonyl (C=O) groups is 1. The van der Waals surface area contributed by atoms with Gasteiger partial charge >= 0.3 is 5.97 Å². The molecule has 1 aliphatic heterocycles. The Labute approximate surface area is 142 Å². The number of aliphatic imine (C=N–C) groups is 1. The summed E-state index contributed by atoms with van der Waals surface area (Å²) >= 11 is 0. The van der Waals surface area contributed by atoms with Crippen LogP contribution < -0.4 is 0 Å². The summed E-state index contributed by atoms with van der Waals surface area (Å²) in [5, 5.41) is 0. The summed E-state index contributed by atoms with van der Waals surface area (Å²) in [7, 11) is 0. The minimum Gasteiger partial charge on any atom is -0.402 e. The van der Waals surface area contributed by atoms with E-state index in [9.17, 15) is 9.18 Å². The summed E-state index contributed by atoms with van der Waals surface area (Å²) in [5.41, 5.74) is 2.03. The van der Waals surface area contributed by atoms with Gasteiger partial charge in [-0.1, -0.05) is 24.3 Å². The van der Waals surface area contributed by atoms with Gasteiger partial charge in [0.2, 0.25) is 5.90 Å². The number of carbonyl (C=O) groups excluding carboxylic acids is 1. The van der Waals surface area contributed by atoms with Crippen LogP contribution in [0.3, 0.4) is 0 Å². The van der Waals surface area contributed by atoms with Gasteiger partial charge in [0, 0.05) is 18.1 Å². The maximum Gasteiger partial charge on any atom is 0.363 e. The molecule has 0 fully saturated rings. The van der Waals surface area contributed by atoms with Crippen LogP contribution in [0.5, 0.6) is 0 Å². The molecule has 0 spiro atoms. The van der Waals surface area contributed by atoms with Crippen LogP contribution in [0.15, 0.2) is 77.9 Å². The van der Waals surface area contributed by atoms with E-state index in [0.717, 1.165) is 11.3 Å². The van der Waals surface area contributed by atoms with Crippen molar-refractivity contribution >= 4 is 17.9 Å². The van der Waals surface area contributed by atoms with Crippen molar-refractivity contribution in [3.8, 4) is 5.69 Å². The summed E-state index contributed by atoms with van der Waals surface area (Å²) in [5.74, 6) is -1.11. The maximum absolute atomic E-state index is 13.8. The number of ether oxygens (including phenoxy) is 1. The molecule has 25 heavy (non-hydrogen) atoms. The summed E-state index contributed by atoms with van der Waals surface area (Å²) in [6.45, 7) is 0. The third-order valence-corrected chi connectivity index (χ3v) is 3.72. The fourth-order valence-corrected chi connectivity index (χ4v) is 2.47. The van der Waals surface area contributed by atoms with Gasteiger partial charge in [0.1, 0.15) is 5.82 Å². The normalized spacial score (nSPS) is 15.3. The van der Waals surface area contributed by atoms with Gasteiger partial charge in [-0.25, -0.2) is 19.2 Å². The fraction of sp³-hybridized carbons (Fsp3) is 0. The largest absolute Gasteiger partial charge is 0.402 e. The molecule has 122 valence electrons. The predicted molar refractivity (Wildman–Crippen MR) is 90.6 cm³/mol. The van der Waals surface area contributed by atoms with E-state index in [4.69, 9.17) is 4.74 Å². The number of esters is 1.